The molecule has 14 rings (SSSR count). The van der Waals surface area contributed by atoms with Crippen LogP contribution in [0, 0.1) is 0 Å². The van der Waals surface area contributed by atoms with Crippen molar-refractivity contribution in [2.24, 2.45) is 0 Å². The summed E-state index contributed by atoms with van der Waals surface area (Å²) < 4.78 is 2.50. The van der Waals surface area contributed by atoms with Crippen LogP contribution in [0.15, 0.2) is 261 Å². The Morgan fingerprint density at radius 2 is 0.614 bits per heavy atom. The van der Waals surface area contributed by atoms with Crippen LogP contribution in [0.1, 0.15) is 0 Å². The molecule has 12 aromatic carbocycles. The molecule has 0 aliphatic carbocycles. The summed E-state index contributed by atoms with van der Waals surface area (Å²) in [7, 11) is -0.715. The highest BCUT2D eigenvalue weighted by molar-refractivity contribution is 6.73. The summed E-state index contributed by atoms with van der Waals surface area (Å²) in [5, 5.41) is 10.6. The van der Waals surface area contributed by atoms with Crippen molar-refractivity contribution in [3.8, 4) is 83.6 Å². The average Bonchev–Trinajstić information content (AvgIpc) is 3.97. The van der Waals surface area contributed by atoms with Crippen LogP contribution in [0.2, 0.25) is 0 Å². The Morgan fingerprint density at radius 1 is 0.229 bits per heavy atom. The average molecular weight is 904 g/mol. The van der Waals surface area contributed by atoms with Crippen molar-refractivity contribution < 1.29 is 0 Å². The fourth-order valence-corrected chi connectivity index (χ4v) is 13.3. The smallest absolute Gasteiger partial charge is 0.0541 e. The fraction of sp³-hybridized carbons (Fsp3) is 0. The van der Waals surface area contributed by atoms with Crippen LogP contribution in [0.4, 0.5) is 0 Å². The summed E-state index contributed by atoms with van der Waals surface area (Å²) >= 11 is 0. The molecule has 2 heterocycles. The van der Waals surface area contributed by atoms with E-state index in [9.17, 15) is 0 Å². The van der Waals surface area contributed by atoms with Gasteiger partial charge in [0.2, 0.25) is 0 Å². The number of fused-ring (bicyclic) bond motifs is 8. The first-order chi connectivity index (χ1) is 34.7. The molecule has 13 aromatic rings. The number of benzene rings is 12. The molecule has 0 N–H and O–H groups in total. The van der Waals surface area contributed by atoms with Crippen LogP contribution in [0.25, 0.3) is 127 Å². The third kappa shape index (κ3) is 6.84. The van der Waals surface area contributed by atoms with E-state index in [2.05, 4.69) is 265 Å². The van der Waals surface area contributed by atoms with Gasteiger partial charge in [0.15, 0.2) is 0 Å². The SMILES string of the molecule is c1ccc(-c2ccc(-c3ccc4c(c3)[SiH2-]c3cc(-n5c6ccc(-c7ccc(-c8cccc9ccccc89)cc7)cc6c6cc(-c7ccc(-c8cccc9ccccc89)cc7)ccc65)ccc3-4)cc2)cc1. The molecule has 0 fully saturated rings. The van der Waals surface area contributed by atoms with Crippen molar-refractivity contribution in [3.05, 3.63) is 261 Å². The summed E-state index contributed by atoms with van der Waals surface area (Å²) in [5.41, 5.74) is 21.3. The lowest BCUT2D eigenvalue weighted by molar-refractivity contribution is 1.18. The lowest BCUT2D eigenvalue weighted by Gasteiger charge is -2.13. The van der Waals surface area contributed by atoms with E-state index in [-0.39, 0.29) is 0 Å². The van der Waals surface area contributed by atoms with Crippen LogP contribution in [0.3, 0.4) is 0 Å². The molecule has 70 heavy (non-hydrogen) atoms. The topological polar surface area (TPSA) is 4.93 Å². The van der Waals surface area contributed by atoms with Crippen LogP contribution >= 0.6 is 0 Å². The molecular weight excluding hydrogens is 859 g/mol. The van der Waals surface area contributed by atoms with E-state index >= 15 is 0 Å². The quantitative estimate of drug-likeness (QED) is 0.140. The van der Waals surface area contributed by atoms with E-state index < -0.39 is 9.52 Å². The van der Waals surface area contributed by atoms with Gasteiger partial charge in [-0.25, -0.2) is 0 Å². The number of aromatic nitrogens is 1. The Balaban J connectivity index is 0.845. The van der Waals surface area contributed by atoms with Crippen molar-refractivity contribution in [1.82, 2.24) is 4.57 Å². The first kappa shape index (κ1) is 40.3. The zero-order valence-corrected chi connectivity index (χ0v) is 39.9. The Kier molecular flexibility index (Phi) is 9.46. The Morgan fingerprint density at radius 3 is 1.16 bits per heavy atom. The molecule has 327 valence electrons. The minimum Gasteiger partial charge on any atom is -0.309 e. The molecule has 0 bridgehead atoms. The number of hydrogen-bond donors (Lipinski definition) is 0. The van der Waals surface area contributed by atoms with Gasteiger partial charge in [0, 0.05) is 16.5 Å². The molecule has 1 aromatic heterocycles. The summed E-state index contributed by atoms with van der Waals surface area (Å²) in [4.78, 5) is 0. The van der Waals surface area contributed by atoms with E-state index in [4.69, 9.17) is 0 Å². The maximum atomic E-state index is 2.50. The molecule has 1 aliphatic rings. The molecule has 0 radical (unpaired) electrons. The molecule has 2 heteroatoms. The van der Waals surface area contributed by atoms with Gasteiger partial charge in [-0.3, -0.25) is 0 Å². The minimum atomic E-state index is -0.715. The van der Waals surface area contributed by atoms with E-state index in [1.54, 1.807) is 0 Å². The third-order valence-corrected chi connectivity index (χ3v) is 16.8. The molecule has 0 saturated heterocycles. The molecule has 0 amide bonds. The highest BCUT2D eigenvalue weighted by Gasteiger charge is 2.19. The van der Waals surface area contributed by atoms with Crippen molar-refractivity contribution in [2.75, 3.05) is 0 Å². The van der Waals surface area contributed by atoms with E-state index in [1.807, 2.05) is 0 Å². The maximum Gasteiger partial charge on any atom is 0.0541 e. The summed E-state index contributed by atoms with van der Waals surface area (Å²) in [6.45, 7) is 0. The molecule has 0 atom stereocenters. The van der Waals surface area contributed by atoms with Crippen molar-refractivity contribution in [1.29, 1.82) is 0 Å². The number of rotatable bonds is 7. The predicted octanol–water partition coefficient (Wildman–Crippen LogP) is 16.2. The second kappa shape index (κ2) is 16.5. The standard InChI is InChI=1S/C68H45NSi/c1-2-10-44(11-3-1)45-20-22-48(23-21-45)55-32-36-61-62-37-35-56(43-68(62)70-67(61)42-55)69-65-38-33-53(46-24-28-51(29-25-46)59-18-8-14-49-12-4-6-16-57(49)59)40-63(65)64-41-54(34-39-66(64)69)47-26-30-52(31-27-47)60-19-9-15-50-13-5-7-17-58(50)60/h1-43H,70H2/q-1. The van der Waals surface area contributed by atoms with Crippen LogP contribution in [-0.4, -0.2) is 14.1 Å². The Hall–Kier alpha value is -8.82. The van der Waals surface area contributed by atoms with Gasteiger partial charge in [0.25, 0.3) is 0 Å². The molecule has 1 aliphatic heterocycles. The van der Waals surface area contributed by atoms with Gasteiger partial charge in [0.1, 0.15) is 0 Å². The van der Waals surface area contributed by atoms with Gasteiger partial charge in [-0.2, -0.15) is 10.4 Å². The van der Waals surface area contributed by atoms with Gasteiger partial charge in [-0.1, -0.05) is 242 Å². The van der Waals surface area contributed by atoms with Crippen LogP contribution in [-0.2, 0) is 0 Å². The van der Waals surface area contributed by atoms with E-state index in [0.29, 0.717) is 0 Å². The zero-order valence-electron chi connectivity index (χ0n) is 38.5. The largest absolute Gasteiger partial charge is 0.309 e. The zero-order chi connectivity index (χ0) is 46.1. The lowest BCUT2D eigenvalue weighted by Crippen LogP contribution is -2.21. The van der Waals surface area contributed by atoms with Gasteiger partial charge >= 0.3 is 0 Å². The third-order valence-electron chi connectivity index (χ3n) is 14.9. The number of nitrogens with zero attached hydrogens (tertiary/aromatic N) is 1. The molecule has 1 nitrogen and oxygen atoms in total. The predicted molar refractivity (Wildman–Crippen MR) is 302 cm³/mol. The molecule has 0 saturated carbocycles. The Labute approximate surface area is 410 Å². The van der Waals surface area contributed by atoms with Crippen molar-refractivity contribution in [2.45, 2.75) is 0 Å². The molecule has 0 spiro atoms. The van der Waals surface area contributed by atoms with E-state index in [1.165, 1.54) is 137 Å². The monoisotopic (exact) mass is 903 g/mol. The summed E-state index contributed by atoms with van der Waals surface area (Å²) in [6, 6.07) is 96.9. The van der Waals surface area contributed by atoms with E-state index in [0.717, 1.165) is 0 Å². The van der Waals surface area contributed by atoms with Crippen LogP contribution < -0.4 is 10.4 Å². The maximum absolute atomic E-state index is 2.50. The van der Waals surface area contributed by atoms with Gasteiger partial charge in [-0.05, 0) is 119 Å². The Bertz CT molecular complexity index is 3970. The molecule has 0 unspecified atom stereocenters. The highest BCUT2D eigenvalue weighted by Crippen LogP contribution is 2.40. The normalized spacial score (nSPS) is 12.3. The lowest BCUT2D eigenvalue weighted by atomic mass is 9.95. The van der Waals surface area contributed by atoms with Crippen molar-refractivity contribution in [3.63, 3.8) is 0 Å². The highest BCUT2D eigenvalue weighted by atomic mass is 28.2. The second-order valence-electron chi connectivity index (χ2n) is 18.8. The summed E-state index contributed by atoms with van der Waals surface area (Å²) in [6.07, 6.45) is 0. The summed E-state index contributed by atoms with van der Waals surface area (Å²) in [5.74, 6) is 0. The second-order valence-corrected chi connectivity index (χ2v) is 20.7. The molecular formula is C68H45NSi-. The van der Waals surface area contributed by atoms with Crippen molar-refractivity contribution >= 4 is 63.2 Å². The first-order valence-electron chi connectivity index (χ1n) is 24.3. The first-order valence-corrected chi connectivity index (χ1v) is 25.8. The minimum absolute atomic E-state index is 0.715. The number of hydrogen-bond acceptors (Lipinski definition) is 0. The van der Waals surface area contributed by atoms with Gasteiger partial charge in [-0.15, -0.1) is 9.52 Å². The van der Waals surface area contributed by atoms with Gasteiger partial charge < -0.3 is 4.57 Å². The fourth-order valence-electron chi connectivity index (χ4n) is 11.3. The van der Waals surface area contributed by atoms with Crippen LogP contribution in [0.5, 0.6) is 0 Å². The van der Waals surface area contributed by atoms with Gasteiger partial charge in [0.05, 0.1) is 11.0 Å².